The highest BCUT2D eigenvalue weighted by atomic mass is 16.5. The number of anilines is 1. The maximum atomic E-state index is 5.71. The molecular weight excluding hydrogens is 274 g/mol. The third-order valence-electron chi connectivity index (χ3n) is 3.31. The van der Waals surface area contributed by atoms with Crippen molar-refractivity contribution in [3.63, 3.8) is 0 Å². The van der Waals surface area contributed by atoms with Crippen molar-refractivity contribution in [2.45, 2.75) is 26.7 Å². The van der Waals surface area contributed by atoms with E-state index in [0.717, 1.165) is 43.2 Å². The number of rotatable bonds is 9. The van der Waals surface area contributed by atoms with Crippen LogP contribution in [0.5, 0.6) is 11.5 Å². The Morgan fingerprint density at radius 2 is 1.68 bits per heavy atom. The molecule has 0 spiro atoms. The summed E-state index contributed by atoms with van der Waals surface area (Å²) in [4.78, 5) is 0. The largest absolute Gasteiger partial charge is 0.494 e. The number of hydrogen-bond donors (Lipinski definition) is 1. The summed E-state index contributed by atoms with van der Waals surface area (Å²) in [5.74, 6) is 1.84. The summed E-state index contributed by atoms with van der Waals surface area (Å²) >= 11 is 0. The van der Waals surface area contributed by atoms with E-state index < -0.39 is 0 Å². The first-order valence-electron chi connectivity index (χ1n) is 7.94. The summed E-state index contributed by atoms with van der Waals surface area (Å²) in [5.41, 5.74) is 2.29. The summed E-state index contributed by atoms with van der Waals surface area (Å²) in [7, 11) is 0. The maximum absolute atomic E-state index is 5.71. The molecular formula is C19H25NO2. The summed E-state index contributed by atoms with van der Waals surface area (Å²) in [5, 5.41) is 3.34. The standard InChI is InChI=1S/C19H25NO2/c1-3-4-13-21-18-10-8-17(9-11-18)20-12-14-22-19-7-5-6-16(2)15-19/h5-11,15,20H,3-4,12-14H2,1-2H3. The van der Waals surface area contributed by atoms with E-state index in [2.05, 4.69) is 25.2 Å². The second-order valence-electron chi connectivity index (χ2n) is 5.32. The quantitative estimate of drug-likeness (QED) is 0.683. The summed E-state index contributed by atoms with van der Waals surface area (Å²) in [6.45, 7) is 6.42. The van der Waals surface area contributed by atoms with Gasteiger partial charge in [-0.05, 0) is 55.3 Å². The fraction of sp³-hybridized carbons (Fsp3) is 0.368. The lowest BCUT2D eigenvalue weighted by molar-refractivity contribution is 0.309. The molecule has 3 heteroatoms. The van der Waals surface area contributed by atoms with Gasteiger partial charge in [-0.3, -0.25) is 0 Å². The van der Waals surface area contributed by atoms with Crippen LogP contribution in [0.2, 0.25) is 0 Å². The van der Waals surface area contributed by atoms with Crippen LogP contribution in [0, 0.1) is 6.92 Å². The van der Waals surface area contributed by atoms with Crippen LogP contribution in [0.3, 0.4) is 0 Å². The molecule has 0 aliphatic rings. The lowest BCUT2D eigenvalue weighted by Crippen LogP contribution is -2.11. The Kier molecular flexibility index (Phi) is 6.62. The van der Waals surface area contributed by atoms with Gasteiger partial charge in [0, 0.05) is 12.2 Å². The Bertz CT molecular complexity index is 552. The van der Waals surface area contributed by atoms with Crippen molar-refractivity contribution in [3.05, 3.63) is 54.1 Å². The SMILES string of the molecule is CCCCOc1ccc(NCCOc2cccc(C)c2)cc1. The minimum Gasteiger partial charge on any atom is -0.494 e. The van der Waals surface area contributed by atoms with Crippen molar-refractivity contribution in [2.75, 3.05) is 25.1 Å². The minimum atomic E-state index is 0.637. The Balaban J connectivity index is 1.68. The predicted molar refractivity (Wildman–Crippen MR) is 92.0 cm³/mol. The van der Waals surface area contributed by atoms with E-state index in [4.69, 9.17) is 9.47 Å². The van der Waals surface area contributed by atoms with Gasteiger partial charge >= 0.3 is 0 Å². The van der Waals surface area contributed by atoms with Gasteiger partial charge in [-0.2, -0.15) is 0 Å². The van der Waals surface area contributed by atoms with Crippen molar-refractivity contribution in [2.24, 2.45) is 0 Å². The Morgan fingerprint density at radius 1 is 0.909 bits per heavy atom. The summed E-state index contributed by atoms with van der Waals surface area (Å²) < 4.78 is 11.4. The first kappa shape index (κ1) is 16.2. The van der Waals surface area contributed by atoms with E-state index >= 15 is 0 Å². The van der Waals surface area contributed by atoms with Crippen molar-refractivity contribution in [1.29, 1.82) is 0 Å². The zero-order chi connectivity index (χ0) is 15.6. The predicted octanol–water partition coefficient (Wildman–Crippen LogP) is 4.66. The molecule has 0 saturated carbocycles. The average Bonchev–Trinajstić information content (AvgIpc) is 2.53. The lowest BCUT2D eigenvalue weighted by Gasteiger charge is -2.10. The molecule has 0 aliphatic heterocycles. The fourth-order valence-corrected chi connectivity index (χ4v) is 2.07. The van der Waals surface area contributed by atoms with Gasteiger partial charge in [-0.25, -0.2) is 0 Å². The first-order valence-corrected chi connectivity index (χ1v) is 7.94. The van der Waals surface area contributed by atoms with E-state index in [0.29, 0.717) is 6.61 Å². The van der Waals surface area contributed by atoms with Crippen LogP contribution >= 0.6 is 0 Å². The van der Waals surface area contributed by atoms with E-state index in [1.807, 2.05) is 42.5 Å². The molecule has 118 valence electrons. The molecule has 0 saturated heterocycles. The van der Waals surface area contributed by atoms with Crippen molar-refractivity contribution in [1.82, 2.24) is 0 Å². The third kappa shape index (κ3) is 5.68. The smallest absolute Gasteiger partial charge is 0.119 e. The highest BCUT2D eigenvalue weighted by Crippen LogP contribution is 2.16. The van der Waals surface area contributed by atoms with E-state index in [9.17, 15) is 0 Å². The normalized spacial score (nSPS) is 10.3. The lowest BCUT2D eigenvalue weighted by atomic mass is 10.2. The minimum absolute atomic E-state index is 0.637. The van der Waals surface area contributed by atoms with E-state index in [1.165, 1.54) is 5.56 Å². The van der Waals surface area contributed by atoms with Gasteiger partial charge in [0.05, 0.1) is 6.61 Å². The molecule has 0 bridgehead atoms. The highest BCUT2D eigenvalue weighted by molar-refractivity contribution is 5.46. The number of aryl methyl sites for hydroxylation is 1. The number of hydrogen-bond acceptors (Lipinski definition) is 3. The second kappa shape index (κ2) is 8.98. The van der Waals surface area contributed by atoms with E-state index in [-0.39, 0.29) is 0 Å². The van der Waals surface area contributed by atoms with Gasteiger partial charge in [-0.15, -0.1) is 0 Å². The molecule has 0 fully saturated rings. The molecule has 22 heavy (non-hydrogen) atoms. The summed E-state index contributed by atoms with van der Waals surface area (Å²) in [6.07, 6.45) is 2.25. The van der Waals surface area contributed by atoms with Crippen LogP contribution in [-0.4, -0.2) is 19.8 Å². The van der Waals surface area contributed by atoms with Gasteiger partial charge in [0.25, 0.3) is 0 Å². The van der Waals surface area contributed by atoms with Crippen molar-refractivity contribution >= 4 is 5.69 Å². The van der Waals surface area contributed by atoms with Crippen LogP contribution < -0.4 is 14.8 Å². The molecule has 2 aromatic rings. The zero-order valence-corrected chi connectivity index (χ0v) is 13.5. The first-order chi connectivity index (χ1) is 10.8. The van der Waals surface area contributed by atoms with Crippen LogP contribution in [-0.2, 0) is 0 Å². The Morgan fingerprint density at radius 3 is 2.41 bits per heavy atom. The summed E-state index contributed by atoms with van der Waals surface area (Å²) in [6, 6.07) is 16.2. The van der Waals surface area contributed by atoms with Gasteiger partial charge in [0.2, 0.25) is 0 Å². The molecule has 3 nitrogen and oxygen atoms in total. The number of ether oxygens (including phenoxy) is 2. The molecule has 0 amide bonds. The molecule has 1 N–H and O–H groups in total. The molecule has 0 unspecified atom stereocenters. The van der Waals surface area contributed by atoms with Crippen LogP contribution in [0.4, 0.5) is 5.69 Å². The van der Waals surface area contributed by atoms with Gasteiger partial charge in [0.1, 0.15) is 18.1 Å². The van der Waals surface area contributed by atoms with Gasteiger partial charge < -0.3 is 14.8 Å². The number of unbranched alkanes of at least 4 members (excludes halogenated alkanes) is 1. The maximum Gasteiger partial charge on any atom is 0.119 e. The number of nitrogens with one attached hydrogen (secondary N) is 1. The fourth-order valence-electron chi connectivity index (χ4n) is 2.07. The van der Waals surface area contributed by atoms with Crippen LogP contribution in [0.1, 0.15) is 25.3 Å². The zero-order valence-electron chi connectivity index (χ0n) is 13.5. The second-order valence-corrected chi connectivity index (χ2v) is 5.32. The number of benzene rings is 2. The Labute approximate surface area is 133 Å². The molecule has 0 atom stereocenters. The molecule has 2 aromatic carbocycles. The van der Waals surface area contributed by atoms with Crippen LogP contribution in [0.25, 0.3) is 0 Å². The Hall–Kier alpha value is -2.16. The molecule has 0 radical (unpaired) electrons. The topological polar surface area (TPSA) is 30.5 Å². The van der Waals surface area contributed by atoms with Gasteiger partial charge in [0.15, 0.2) is 0 Å². The molecule has 0 aliphatic carbocycles. The third-order valence-corrected chi connectivity index (χ3v) is 3.31. The van der Waals surface area contributed by atoms with E-state index in [1.54, 1.807) is 0 Å². The average molecular weight is 299 g/mol. The van der Waals surface area contributed by atoms with Crippen molar-refractivity contribution in [3.8, 4) is 11.5 Å². The van der Waals surface area contributed by atoms with Gasteiger partial charge in [-0.1, -0.05) is 25.5 Å². The highest BCUT2D eigenvalue weighted by Gasteiger charge is 1.97. The van der Waals surface area contributed by atoms with Crippen LogP contribution in [0.15, 0.2) is 48.5 Å². The monoisotopic (exact) mass is 299 g/mol. The van der Waals surface area contributed by atoms with Crippen molar-refractivity contribution < 1.29 is 9.47 Å². The molecule has 0 heterocycles. The molecule has 2 rings (SSSR count). The molecule has 0 aromatic heterocycles.